The summed E-state index contributed by atoms with van der Waals surface area (Å²) in [5, 5.41) is 93.5. The summed E-state index contributed by atoms with van der Waals surface area (Å²) < 4.78 is 49.4. The molecule has 17 heteroatoms. The van der Waals surface area contributed by atoms with Gasteiger partial charge in [0.25, 0.3) is 10.1 Å². The summed E-state index contributed by atoms with van der Waals surface area (Å²) in [4.78, 5) is 13.0. The largest absolute Gasteiger partial charge is 0.480 e. The maximum Gasteiger partial charge on any atom is 0.333 e. The van der Waals surface area contributed by atoms with Crippen LogP contribution in [0, 0.1) is 0 Å². The van der Waals surface area contributed by atoms with Gasteiger partial charge >= 0.3 is 5.97 Å². The minimum absolute atomic E-state index is 0.218. The minimum atomic E-state index is -5.95. The van der Waals surface area contributed by atoms with Crippen LogP contribution in [-0.4, -0.2) is 144 Å². The molecule has 0 bridgehead atoms. The fourth-order valence-corrected chi connectivity index (χ4v) is 7.41. The highest BCUT2D eigenvalue weighted by atomic mass is 32.2. The summed E-state index contributed by atoms with van der Waals surface area (Å²) in [7, 11) is -5.95. The van der Waals surface area contributed by atoms with Crippen LogP contribution in [0.5, 0.6) is 0 Å². The molecule has 0 spiro atoms. The Balaban J connectivity index is 2.43. The number of aliphatic carboxylic acids is 1. The van der Waals surface area contributed by atoms with Crippen LogP contribution in [0.15, 0.2) is 0 Å². The van der Waals surface area contributed by atoms with Crippen LogP contribution in [0.3, 0.4) is 0 Å². The van der Waals surface area contributed by atoms with Crippen LogP contribution in [0.1, 0.15) is 90.4 Å². The lowest BCUT2D eigenvalue weighted by Gasteiger charge is -2.55. The zero-order valence-corrected chi connectivity index (χ0v) is 26.5. The third kappa shape index (κ3) is 8.33. The molecule has 45 heavy (non-hydrogen) atoms. The first kappa shape index (κ1) is 40.1. The number of aliphatic hydroxyl groups is 8. The number of rotatable bonds is 21. The molecule has 2 rings (SSSR count). The third-order valence-corrected chi connectivity index (χ3v) is 10.5. The quantitative estimate of drug-likeness (QED) is 0.0503. The molecule has 0 aromatic carbocycles. The van der Waals surface area contributed by atoms with Crippen LogP contribution in [0.2, 0.25) is 0 Å². The van der Waals surface area contributed by atoms with Gasteiger partial charge in [0.2, 0.25) is 16.3 Å². The minimum Gasteiger partial charge on any atom is -0.480 e. The molecule has 0 radical (unpaired) electrons. The van der Waals surface area contributed by atoms with E-state index in [-0.39, 0.29) is 12.8 Å². The predicted molar refractivity (Wildman–Crippen MR) is 155 cm³/mol. The summed E-state index contributed by atoms with van der Waals surface area (Å²) in [6.45, 7) is -1.47. The van der Waals surface area contributed by atoms with Crippen LogP contribution < -0.4 is 0 Å². The molecule has 0 saturated carbocycles. The van der Waals surface area contributed by atoms with E-state index >= 15 is 0 Å². The number of unbranched alkanes of at least 4 members (excludes halogenated alkanes) is 11. The van der Waals surface area contributed by atoms with Gasteiger partial charge in [-0.3, -0.25) is 9.35 Å². The lowest BCUT2D eigenvalue weighted by molar-refractivity contribution is -0.441. The van der Waals surface area contributed by atoms with Gasteiger partial charge in [0, 0.05) is 0 Å². The molecule has 2 aliphatic heterocycles. The number of hydrogen-bond acceptors (Lipinski definition) is 14. The van der Waals surface area contributed by atoms with E-state index < -0.39 is 101 Å². The zero-order valence-electron chi connectivity index (χ0n) is 25.7. The van der Waals surface area contributed by atoms with Crippen molar-refractivity contribution in [3.63, 3.8) is 0 Å². The second-order valence-electron chi connectivity index (χ2n) is 12.0. The molecule has 0 aromatic heterocycles. The SMILES string of the molecule is CCCCCCCCCCCCCCC(C(=O)O)([C@@]1(OC2(CO)O[C@H](CO)[C@@H](O)[C@@H]2O)O[C@H](CO)[C@@H](O)[C@H](O)[C@H]1O)S(=O)(=O)O. The molecule has 2 saturated heterocycles. The van der Waals surface area contributed by atoms with E-state index in [2.05, 4.69) is 6.92 Å². The van der Waals surface area contributed by atoms with Crippen molar-refractivity contribution in [2.45, 2.75) is 149 Å². The molecule has 2 fully saturated rings. The third-order valence-electron chi connectivity index (χ3n) is 8.91. The summed E-state index contributed by atoms with van der Waals surface area (Å²) in [6, 6.07) is 0. The van der Waals surface area contributed by atoms with Gasteiger partial charge in [0.05, 0.1) is 13.2 Å². The Hall–Kier alpha value is -1.06. The van der Waals surface area contributed by atoms with Crippen molar-refractivity contribution < 1.29 is 77.9 Å². The Morgan fingerprint density at radius 2 is 1.20 bits per heavy atom. The Morgan fingerprint density at radius 1 is 0.733 bits per heavy atom. The van der Waals surface area contributed by atoms with E-state index in [4.69, 9.17) is 14.2 Å². The smallest absolute Gasteiger partial charge is 0.333 e. The first-order valence-corrected chi connectivity index (χ1v) is 17.1. The normalized spacial score (nSPS) is 35.4. The van der Waals surface area contributed by atoms with Crippen molar-refractivity contribution in [3.05, 3.63) is 0 Å². The van der Waals surface area contributed by atoms with E-state index in [1.165, 1.54) is 19.3 Å². The van der Waals surface area contributed by atoms with E-state index in [0.29, 0.717) is 6.42 Å². The van der Waals surface area contributed by atoms with Crippen LogP contribution in [-0.2, 0) is 29.1 Å². The van der Waals surface area contributed by atoms with Crippen molar-refractivity contribution in [3.8, 4) is 0 Å². The second-order valence-corrected chi connectivity index (χ2v) is 13.7. The highest BCUT2D eigenvalue weighted by molar-refractivity contribution is 7.88. The monoisotopic (exact) mass is 676 g/mol. The Bertz CT molecular complexity index is 1010. The first-order valence-electron chi connectivity index (χ1n) is 15.7. The van der Waals surface area contributed by atoms with Crippen molar-refractivity contribution in [2.24, 2.45) is 0 Å². The fraction of sp³-hybridized carbons (Fsp3) is 0.964. The lowest BCUT2D eigenvalue weighted by Crippen LogP contribution is -2.80. The number of hydrogen-bond donors (Lipinski definition) is 10. The molecule has 266 valence electrons. The van der Waals surface area contributed by atoms with Gasteiger partial charge in [0.1, 0.15) is 49.3 Å². The molecule has 16 nitrogen and oxygen atoms in total. The number of carbonyl (C=O) groups is 1. The molecule has 2 heterocycles. The zero-order chi connectivity index (χ0) is 34.1. The second kappa shape index (κ2) is 17.4. The Labute approximate surface area is 263 Å². The maximum atomic E-state index is 13.1. The molecule has 2 unspecified atom stereocenters. The van der Waals surface area contributed by atoms with Crippen molar-refractivity contribution >= 4 is 16.1 Å². The lowest BCUT2D eigenvalue weighted by atomic mass is 9.80. The topological polar surface area (TPSA) is 281 Å². The summed E-state index contributed by atoms with van der Waals surface area (Å²) in [5.41, 5.74) is 0. The van der Waals surface area contributed by atoms with Gasteiger partial charge in [-0.15, -0.1) is 0 Å². The highest BCUT2D eigenvalue weighted by Crippen LogP contribution is 2.50. The molecule has 10 atom stereocenters. The standard InChI is InChI=1S/C28H52O16S/c1-2-3-4-5-6-7-8-9-10-11-12-13-14-26(25(37)38,45(39,40)41)28(24(36)22(34)20(32)18(15-29)43-28)44-27(17-31)23(35)21(33)19(16-30)42-27/h18-24,29-36H,2-17H2,1H3,(H,37,38)(H,39,40,41)/t18-,19-,20-,21-,22+,23+,24-,26?,27?,28-/m1/s1. The summed E-state index contributed by atoms with van der Waals surface area (Å²) in [6.07, 6.45) is -6.36. The molecule has 2 aliphatic rings. The Kier molecular flexibility index (Phi) is 15.5. The van der Waals surface area contributed by atoms with Crippen molar-refractivity contribution in [1.29, 1.82) is 0 Å². The van der Waals surface area contributed by atoms with Crippen LogP contribution >= 0.6 is 0 Å². The molecule has 0 amide bonds. The average molecular weight is 677 g/mol. The van der Waals surface area contributed by atoms with Crippen LogP contribution in [0.25, 0.3) is 0 Å². The number of ether oxygens (including phenoxy) is 3. The van der Waals surface area contributed by atoms with Gasteiger partial charge in [-0.2, -0.15) is 8.42 Å². The Morgan fingerprint density at radius 3 is 1.60 bits per heavy atom. The van der Waals surface area contributed by atoms with Gasteiger partial charge in [-0.25, -0.2) is 0 Å². The van der Waals surface area contributed by atoms with Gasteiger partial charge in [0.15, 0.2) is 0 Å². The van der Waals surface area contributed by atoms with Crippen LogP contribution in [0.4, 0.5) is 0 Å². The fourth-order valence-electron chi connectivity index (χ4n) is 6.21. The van der Waals surface area contributed by atoms with Crippen molar-refractivity contribution in [1.82, 2.24) is 0 Å². The predicted octanol–water partition coefficient (Wildman–Crippen LogP) is -1.22. The molecule has 0 aromatic rings. The molecular formula is C28H52O16S. The first-order chi connectivity index (χ1) is 21.2. The molecule has 0 aliphatic carbocycles. The number of carboxylic acids is 1. The highest BCUT2D eigenvalue weighted by Gasteiger charge is 2.77. The van der Waals surface area contributed by atoms with Gasteiger partial charge in [-0.05, 0) is 6.42 Å². The van der Waals surface area contributed by atoms with Gasteiger partial charge < -0.3 is 60.2 Å². The number of carboxylic acid groups (broad SMARTS) is 1. The van der Waals surface area contributed by atoms with E-state index in [1.807, 2.05) is 0 Å². The average Bonchev–Trinajstić information content (AvgIpc) is 3.24. The maximum absolute atomic E-state index is 13.1. The van der Waals surface area contributed by atoms with Crippen molar-refractivity contribution in [2.75, 3.05) is 19.8 Å². The molecular weight excluding hydrogens is 624 g/mol. The number of aliphatic hydroxyl groups excluding tert-OH is 8. The van der Waals surface area contributed by atoms with E-state index in [1.54, 1.807) is 0 Å². The van der Waals surface area contributed by atoms with E-state index in [0.717, 1.165) is 38.5 Å². The molecule has 10 N–H and O–H groups in total. The summed E-state index contributed by atoms with van der Waals surface area (Å²) in [5.74, 6) is -9.03. The summed E-state index contributed by atoms with van der Waals surface area (Å²) >= 11 is 0. The van der Waals surface area contributed by atoms with Gasteiger partial charge in [-0.1, -0.05) is 84.0 Å². The van der Waals surface area contributed by atoms with E-state index in [9.17, 15) is 63.7 Å².